The number of likely N-dealkylation sites (tertiary alicyclic amines) is 1. The minimum atomic E-state index is -0.781. The summed E-state index contributed by atoms with van der Waals surface area (Å²) in [5.74, 6) is 0.415. The zero-order valence-electron chi connectivity index (χ0n) is 11.7. The molecule has 1 aromatic heterocycles. The zero-order chi connectivity index (χ0) is 14.8. The number of oxazole rings is 1. The summed E-state index contributed by atoms with van der Waals surface area (Å²) in [5, 5.41) is 9.83. The van der Waals surface area contributed by atoms with E-state index in [0.717, 1.165) is 18.5 Å². The van der Waals surface area contributed by atoms with Gasteiger partial charge in [0.05, 0.1) is 12.7 Å². The second kappa shape index (κ2) is 7.13. The van der Waals surface area contributed by atoms with E-state index < -0.39 is 12.0 Å². The Morgan fingerprint density at radius 2 is 2.14 bits per heavy atom. The maximum absolute atomic E-state index is 11.2. The van der Waals surface area contributed by atoms with Gasteiger partial charge in [-0.05, 0) is 43.7 Å². The highest BCUT2D eigenvalue weighted by atomic mass is 35.5. The van der Waals surface area contributed by atoms with Gasteiger partial charge in [-0.1, -0.05) is 11.6 Å². The predicted molar refractivity (Wildman–Crippen MR) is 85.3 cm³/mol. The van der Waals surface area contributed by atoms with E-state index in [-0.39, 0.29) is 12.4 Å². The van der Waals surface area contributed by atoms with Crippen LogP contribution in [-0.4, -0.2) is 33.5 Å². The first-order valence-electron chi connectivity index (χ1n) is 6.81. The van der Waals surface area contributed by atoms with Gasteiger partial charge in [0.25, 0.3) is 0 Å². The Labute approximate surface area is 139 Å². The van der Waals surface area contributed by atoms with Crippen LogP contribution in [0.4, 0.5) is 0 Å². The first kappa shape index (κ1) is 16.8. The topological polar surface area (TPSA) is 66.6 Å². The minimum Gasteiger partial charge on any atom is -0.480 e. The van der Waals surface area contributed by atoms with Gasteiger partial charge < -0.3 is 9.52 Å². The number of aliphatic carboxylic acids is 1. The normalized spacial score (nSPS) is 18.1. The fourth-order valence-corrected chi connectivity index (χ4v) is 2.73. The smallest absolute Gasteiger partial charge is 0.320 e. The number of rotatable bonds is 4. The molecule has 1 atom stereocenters. The summed E-state index contributed by atoms with van der Waals surface area (Å²) in [6, 6.07) is 6.88. The van der Waals surface area contributed by atoms with Crippen molar-refractivity contribution in [3.8, 4) is 11.3 Å². The second-order valence-corrected chi connectivity index (χ2v) is 5.53. The largest absolute Gasteiger partial charge is 0.480 e. The van der Waals surface area contributed by atoms with Gasteiger partial charge >= 0.3 is 5.97 Å². The number of carboxylic acid groups (broad SMARTS) is 1. The number of carbonyl (C=O) groups is 1. The van der Waals surface area contributed by atoms with Crippen LogP contribution < -0.4 is 0 Å². The number of hydrogen-bond donors (Lipinski definition) is 1. The van der Waals surface area contributed by atoms with Gasteiger partial charge in [-0.15, -0.1) is 12.4 Å². The molecule has 2 heterocycles. The molecule has 0 spiro atoms. The van der Waals surface area contributed by atoms with Gasteiger partial charge in [-0.3, -0.25) is 9.69 Å². The van der Waals surface area contributed by atoms with E-state index in [1.165, 1.54) is 0 Å². The van der Waals surface area contributed by atoms with Crippen LogP contribution in [0.1, 0.15) is 18.7 Å². The third kappa shape index (κ3) is 3.61. The van der Waals surface area contributed by atoms with Crippen LogP contribution >= 0.6 is 24.0 Å². The molecule has 0 amide bonds. The van der Waals surface area contributed by atoms with Crippen LogP contribution in [0, 0.1) is 0 Å². The quantitative estimate of drug-likeness (QED) is 0.921. The van der Waals surface area contributed by atoms with E-state index in [1.54, 1.807) is 18.3 Å². The average Bonchev–Trinajstić information content (AvgIpc) is 3.09. The highest BCUT2D eigenvalue weighted by molar-refractivity contribution is 6.30. The molecule has 0 saturated carbocycles. The Morgan fingerprint density at radius 3 is 2.82 bits per heavy atom. The second-order valence-electron chi connectivity index (χ2n) is 5.09. The Hall–Kier alpha value is -1.56. The van der Waals surface area contributed by atoms with Crippen molar-refractivity contribution in [1.82, 2.24) is 9.88 Å². The molecule has 3 rings (SSSR count). The van der Waals surface area contributed by atoms with Crippen molar-refractivity contribution in [3.63, 3.8) is 0 Å². The molecule has 0 aliphatic carbocycles. The third-order valence-electron chi connectivity index (χ3n) is 3.67. The van der Waals surface area contributed by atoms with Crippen molar-refractivity contribution in [2.75, 3.05) is 6.54 Å². The Morgan fingerprint density at radius 1 is 1.41 bits per heavy atom. The lowest BCUT2D eigenvalue weighted by Gasteiger charge is -2.18. The summed E-state index contributed by atoms with van der Waals surface area (Å²) < 4.78 is 5.71. The average molecular weight is 343 g/mol. The summed E-state index contributed by atoms with van der Waals surface area (Å²) in [6.07, 6.45) is 3.23. The first-order chi connectivity index (χ1) is 10.1. The van der Waals surface area contributed by atoms with Crippen LogP contribution in [0.2, 0.25) is 5.02 Å². The van der Waals surface area contributed by atoms with Crippen LogP contribution in [0.3, 0.4) is 0 Å². The minimum absolute atomic E-state index is 0. The molecule has 5 nitrogen and oxygen atoms in total. The van der Waals surface area contributed by atoms with Crippen molar-refractivity contribution in [2.24, 2.45) is 0 Å². The van der Waals surface area contributed by atoms with Crippen LogP contribution in [0.5, 0.6) is 0 Å². The van der Waals surface area contributed by atoms with Gasteiger partial charge in [-0.2, -0.15) is 0 Å². The SMILES string of the molecule is Cl.O=C(O)C1CCCN1Cc1ncc(-c2ccc(Cl)cc2)o1. The van der Waals surface area contributed by atoms with Crippen molar-refractivity contribution >= 4 is 30.0 Å². The molecular weight excluding hydrogens is 327 g/mol. The van der Waals surface area contributed by atoms with Gasteiger partial charge in [0.2, 0.25) is 5.89 Å². The van der Waals surface area contributed by atoms with E-state index in [4.69, 9.17) is 21.1 Å². The summed E-state index contributed by atoms with van der Waals surface area (Å²) in [5.41, 5.74) is 0.898. The molecule has 1 saturated heterocycles. The van der Waals surface area contributed by atoms with Gasteiger partial charge in [0.15, 0.2) is 5.76 Å². The highest BCUT2D eigenvalue weighted by Gasteiger charge is 2.31. The molecule has 1 aromatic carbocycles. The standard InChI is InChI=1S/C15H15ClN2O3.ClH/c16-11-5-3-10(4-6-11)13-8-17-14(21-13)9-18-7-1-2-12(18)15(19)20;/h3-6,8,12H,1-2,7,9H2,(H,19,20);1H. The van der Waals surface area contributed by atoms with Crippen molar-refractivity contribution in [3.05, 3.63) is 41.4 Å². The van der Waals surface area contributed by atoms with E-state index >= 15 is 0 Å². The number of carboxylic acids is 1. The van der Waals surface area contributed by atoms with Crippen LogP contribution in [-0.2, 0) is 11.3 Å². The van der Waals surface area contributed by atoms with Crippen LogP contribution in [0.15, 0.2) is 34.9 Å². The molecule has 0 radical (unpaired) electrons. The summed E-state index contributed by atoms with van der Waals surface area (Å²) in [7, 11) is 0. The fraction of sp³-hybridized carbons (Fsp3) is 0.333. The molecule has 1 aliphatic rings. The van der Waals surface area contributed by atoms with E-state index in [9.17, 15) is 4.79 Å². The van der Waals surface area contributed by atoms with E-state index in [1.807, 2.05) is 17.0 Å². The molecule has 1 N–H and O–H groups in total. The zero-order valence-corrected chi connectivity index (χ0v) is 13.3. The predicted octanol–water partition coefficient (Wildman–Crippen LogP) is 3.47. The lowest BCUT2D eigenvalue weighted by molar-refractivity contribution is -0.142. The maximum Gasteiger partial charge on any atom is 0.320 e. The Balaban J connectivity index is 0.00000176. The molecule has 1 aliphatic heterocycles. The van der Waals surface area contributed by atoms with Crippen molar-refractivity contribution in [1.29, 1.82) is 0 Å². The molecule has 7 heteroatoms. The van der Waals surface area contributed by atoms with Gasteiger partial charge in [0.1, 0.15) is 6.04 Å². The number of halogens is 2. The molecule has 118 valence electrons. The first-order valence-corrected chi connectivity index (χ1v) is 7.19. The van der Waals surface area contributed by atoms with Gasteiger partial charge in [0, 0.05) is 10.6 Å². The number of aromatic nitrogens is 1. The summed E-state index contributed by atoms with van der Waals surface area (Å²) in [6.45, 7) is 1.18. The lowest BCUT2D eigenvalue weighted by Crippen LogP contribution is -2.35. The fourth-order valence-electron chi connectivity index (χ4n) is 2.60. The molecular formula is C15H16Cl2N2O3. The molecule has 0 bridgehead atoms. The van der Waals surface area contributed by atoms with Crippen molar-refractivity contribution in [2.45, 2.75) is 25.4 Å². The van der Waals surface area contributed by atoms with Crippen LogP contribution in [0.25, 0.3) is 11.3 Å². The maximum atomic E-state index is 11.2. The molecule has 1 fully saturated rings. The van der Waals surface area contributed by atoms with Crippen molar-refractivity contribution < 1.29 is 14.3 Å². The summed E-state index contributed by atoms with van der Waals surface area (Å²) in [4.78, 5) is 17.3. The van der Waals surface area contributed by atoms with Gasteiger partial charge in [-0.25, -0.2) is 4.98 Å². The van der Waals surface area contributed by atoms with E-state index in [0.29, 0.717) is 29.6 Å². The number of nitrogens with zero attached hydrogens (tertiary/aromatic N) is 2. The highest BCUT2D eigenvalue weighted by Crippen LogP contribution is 2.25. The number of hydrogen-bond acceptors (Lipinski definition) is 4. The summed E-state index contributed by atoms with van der Waals surface area (Å²) >= 11 is 5.85. The molecule has 1 unspecified atom stereocenters. The Kier molecular flexibility index (Phi) is 5.45. The molecule has 22 heavy (non-hydrogen) atoms. The third-order valence-corrected chi connectivity index (χ3v) is 3.92. The lowest BCUT2D eigenvalue weighted by atomic mass is 10.2. The molecule has 2 aromatic rings. The van der Waals surface area contributed by atoms with E-state index in [2.05, 4.69) is 4.98 Å². The number of benzene rings is 1. The Bertz CT molecular complexity index is 642. The monoisotopic (exact) mass is 342 g/mol.